The second-order valence-corrected chi connectivity index (χ2v) is 4.50. The highest BCUT2D eigenvalue weighted by Crippen LogP contribution is 2.21. The summed E-state index contributed by atoms with van der Waals surface area (Å²) >= 11 is 0. The fourth-order valence-electron chi connectivity index (χ4n) is 1.73. The minimum atomic E-state index is -0.811. The highest BCUT2D eigenvalue weighted by Gasteiger charge is 2.10. The van der Waals surface area contributed by atoms with E-state index in [4.69, 9.17) is 5.11 Å². The van der Waals surface area contributed by atoms with Crippen LogP contribution in [0.15, 0.2) is 36.9 Å². The number of carboxylic acids is 1. The number of hydrogen-bond donors (Lipinski definition) is 2. The van der Waals surface area contributed by atoms with Gasteiger partial charge in [0.2, 0.25) is 5.91 Å². The Kier molecular flexibility index (Phi) is 5.79. The van der Waals surface area contributed by atoms with Crippen LogP contribution in [-0.2, 0) is 9.59 Å². The number of hydrogen-bond acceptors (Lipinski definition) is 2. The van der Waals surface area contributed by atoms with Gasteiger partial charge in [-0.1, -0.05) is 25.1 Å². The molecule has 0 saturated heterocycles. The van der Waals surface area contributed by atoms with Crippen molar-refractivity contribution in [3.63, 3.8) is 0 Å². The molecule has 0 fully saturated rings. The number of amides is 1. The molecule has 0 heterocycles. The molecule has 102 valence electrons. The SMILES string of the molecule is C=CCCC(=O)Nc1ccc(C(C)CC(=O)O)cc1. The molecule has 4 nitrogen and oxygen atoms in total. The van der Waals surface area contributed by atoms with Crippen molar-refractivity contribution in [3.05, 3.63) is 42.5 Å². The van der Waals surface area contributed by atoms with Crippen molar-refractivity contribution in [1.29, 1.82) is 0 Å². The fraction of sp³-hybridized carbons (Fsp3) is 0.333. The lowest BCUT2D eigenvalue weighted by molar-refractivity contribution is -0.137. The molecule has 0 bridgehead atoms. The number of carbonyl (C=O) groups is 2. The fourth-order valence-corrected chi connectivity index (χ4v) is 1.73. The maximum absolute atomic E-state index is 11.5. The summed E-state index contributed by atoms with van der Waals surface area (Å²) in [5, 5.41) is 11.5. The van der Waals surface area contributed by atoms with Crippen molar-refractivity contribution >= 4 is 17.6 Å². The third kappa shape index (κ3) is 5.38. The van der Waals surface area contributed by atoms with Gasteiger partial charge in [-0.05, 0) is 30.0 Å². The van der Waals surface area contributed by atoms with E-state index in [1.54, 1.807) is 18.2 Å². The summed E-state index contributed by atoms with van der Waals surface area (Å²) in [5.74, 6) is -0.899. The van der Waals surface area contributed by atoms with Crippen LogP contribution in [0.1, 0.15) is 37.7 Å². The van der Waals surface area contributed by atoms with Gasteiger partial charge in [-0.25, -0.2) is 0 Å². The van der Waals surface area contributed by atoms with Crippen LogP contribution in [0.2, 0.25) is 0 Å². The molecule has 0 spiro atoms. The molecule has 1 rings (SSSR count). The van der Waals surface area contributed by atoms with E-state index >= 15 is 0 Å². The van der Waals surface area contributed by atoms with Gasteiger partial charge in [0.15, 0.2) is 0 Å². The van der Waals surface area contributed by atoms with Crippen molar-refractivity contribution in [2.75, 3.05) is 5.32 Å². The van der Waals surface area contributed by atoms with E-state index in [9.17, 15) is 9.59 Å². The number of aliphatic carboxylic acids is 1. The summed E-state index contributed by atoms with van der Waals surface area (Å²) < 4.78 is 0. The molecule has 2 N–H and O–H groups in total. The van der Waals surface area contributed by atoms with Crippen LogP contribution in [-0.4, -0.2) is 17.0 Å². The Balaban J connectivity index is 2.58. The zero-order valence-corrected chi connectivity index (χ0v) is 11.1. The van der Waals surface area contributed by atoms with Crippen LogP contribution in [0.4, 0.5) is 5.69 Å². The van der Waals surface area contributed by atoms with Crippen LogP contribution >= 0.6 is 0 Å². The lowest BCUT2D eigenvalue weighted by atomic mass is 9.98. The summed E-state index contributed by atoms with van der Waals surface area (Å²) in [4.78, 5) is 22.1. The molecule has 4 heteroatoms. The zero-order chi connectivity index (χ0) is 14.3. The lowest BCUT2D eigenvalue weighted by Crippen LogP contribution is -2.10. The molecule has 1 atom stereocenters. The van der Waals surface area contributed by atoms with E-state index in [0.29, 0.717) is 12.8 Å². The average molecular weight is 261 g/mol. The molecule has 0 aliphatic heterocycles. The number of allylic oxidation sites excluding steroid dienone is 1. The maximum atomic E-state index is 11.5. The molecule has 1 unspecified atom stereocenters. The first-order valence-electron chi connectivity index (χ1n) is 6.25. The van der Waals surface area contributed by atoms with E-state index in [0.717, 1.165) is 11.3 Å². The Labute approximate surface area is 113 Å². The summed E-state index contributed by atoms with van der Waals surface area (Å²) in [7, 11) is 0. The summed E-state index contributed by atoms with van der Waals surface area (Å²) in [6.07, 6.45) is 2.88. The first-order chi connectivity index (χ1) is 9.02. The first-order valence-corrected chi connectivity index (χ1v) is 6.25. The van der Waals surface area contributed by atoms with E-state index in [1.807, 2.05) is 19.1 Å². The number of anilines is 1. The summed E-state index contributed by atoms with van der Waals surface area (Å²) in [5.41, 5.74) is 1.67. The van der Waals surface area contributed by atoms with Gasteiger partial charge in [0.05, 0.1) is 6.42 Å². The Morgan fingerprint density at radius 2 is 2.00 bits per heavy atom. The van der Waals surface area contributed by atoms with Gasteiger partial charge in [-0.2, -0.15) is 0 Å². The van der Waals surface area contributed by atoms with Crippen LogP contribution < -0.4 is 5.32 Å². The number of carbonyl (C=O) groups excluding carboxylic acids is 1. The van der Waals surface area contributed by atoms with Crippen LogP contribution in [0, 0.1) is 0 Å². The topological polar surface area (TPSA) is 66.4 Å². The summed E-state index contributed by atoms with van der Waals surface area (Å²) in [6.45, 7) is 5.43. The quantitative estimate of drug-likeness (QED) is 0.741. The highest BCUT2D eigenvalue weighted by molar-refractivity contribution is 5.90. The van der Waals surface area contributed by atoms with Crippen LogP contribution in [0.3, 0.4) is 0 Å². The maximum Gasteiger partial charge on any atom is 0.303 e. The van der Waals surface area contributed by atoms with E-state index in [2.05, 4.69) is 11.9 Å². The largest absolute Gasteiger partial charge is 0.481 e. The van der Waals surface area contributed by atoms with Crippen molar-refractivity contribution in [2.24, 2.45) is 0 Å². The van der Waals surface area contributed by atoms with Gasteiger partial charge in [0.1, 0.15) is 0 Å². The zero-order valence-electron chi connectivity index (χ0n) is 11.1. The van der Waals surface area contributed by atoms with Gasteiger partial charge >= 0.3 is 5.97 Å². The van der Waals surface area contributed by atoms with Crippen molar-refractivity contribution in [2.45, 2.75) is 32.1 Å². The number of carboxylic acid groups (broad SMARTS) is 1. The van der Waals surface area contributed by atoms with Crippen molar-refractivity contribution in [3.8, 4) is 0 Å². The third-order valence-electron chi connectivity index (χ3n) is 2.82. The predicted octanol–water partition coefficient (Wildman–Crippen LogP) is 3.17. The Hall–Kier alpha value is -2.10. The van der Waals surface area contributed by atoms with Gasteiger partial charge < -0.3 is 10.4 Å². The van der Waals surface area contributed by atoms with E-state index in [1.165, 1.54) is 0 Å². The molecule has 19 heavy (non-hydrogen) atoms. The number of benzene rings is 1. The molecule has 0 aliphatic carbocycles. The van der Waals surface area contributed by atoms with Crippen molar-refractivity contribution in [1.82, 2.24) is 0 Å². The average Bonchev–Trinajstić information content (AvgIpc) is 2.36. The van der Waals surface area contributed by atoms with E-state index < -0.39 is 5.97 Å². The van der Waals surface area contributed by atoms with Crippen molar-refractivity contribution < 1.29 is 14.7 Å². The third-order valence-corrected chi connectivity index (χ3v) is 2.82. The van der Waals surface area contributed by atoms with Gasteiger partial charge in [-0.15, -0.1) is 6.58 Å². The second-order valence-electron chi connectivity index (χ2n) is 4.50. The Morgan fingerprint density at radius 1 is 1.37 bits per heavy atom. The molecule has 1 amide bonds. The number of nitrogens with one attached hydrogen (secondary N) is 1. The Morgan fingerprint density at radius 3 is 2.53 bits per heavy atom. The summed E-state index contributed by atoms with van der Waals surface area (Å²) in [6, 6.07) is 7.27. The van der Waals surface area contributed by atoms with Crippen LogP contribution in [0.25, 0.3) is 0 Å². The first kappa shape index (κ1) is 15.0. The van der Waals surface area contributed by atoms with E-state index in [-0.39, 0.29) is 18.2 Å². The normalized spacial score (nSPS) is 11.6. The van der Waals surface area contributed by atoms with Crippen LogP contribution in [0.5, 0.6) is 0 Å². The molecule has 1 aromatic rings. The lowest BCUT2D eigenvalue weighted by Gasteiger charge is -2.10. The standard InChI is InChI=1S/C15H19NO3/c1-3-4-5-14(17)16-13-8-6-12(7-9-13)11(2)10-15(18)19/h3,6-9,11H,1,4-5,10H2,2H3,(H,16,17)(H,18,19). The monoisotopic (exact) mass is 261 g/mol. The molecule has 0 aromatic heterocycles. The highest BCUT2D eigenvalue weighted by atomic mass is 16.4. The number of rotatable bonds is 7. The molecular weight excluding hydrogens is 242 g/mol. The molecule has 0 saturated carbocycles. The molecule has 1 aromatic carbocycles. The van der Waals surface area contributed by atoms with Gasteiger partial charge in [0.25, 0.3) is 0 Å². The van der Waals surface area contributed by atoms with Gasteiger partial charge in [0, 0.05) is 12.1 Å². The minimum absolute atomic E-state index is 0.0389. The Bertz CT molecular complexity index is 451. The molecule has 0 radical (unpaired) electrons. The smallest absolute Gasteiger partial charge is 0.303 e. The second kappa shape index (κ2) is 7.36. The molecular formula is C15H19NO3. The minimum Gasteiger partial charge on any atom is -0.481 e. The van der Waals surface area contributed by atoms with Gasteiger partial charge in [-0.3, -0.25) is 9.59 Å². The predicted molar refractivity (Wildman–Crippen MR) is 75.2 cm³/mol. The molecule has 0 aliphatic rings.